The van der Waals surface area contributed by atoms with Crippen LogP contribution in [0.4, 0.5) is 0 Å². The molecular weight excluding hydrogens is 238 g/mol. The summed E-state index contributed by atoms with van der Waals surface area (Å²) in [6.07, 6.45) is 1.57. The van der Waals surface area contributed by atoms with Gasteiger partial charge >= 0.3 is 0 Å². The summed E-state index contributed by atoms with van der Waals surface area (Å²) in [5.41, 5.74) is 2.22. The normalized spacial score (nSPS) is 26.6. The van der Waals surface area contributed by atoms with E-state index in [0.717, 1.165) is 23.1 Å². The summed E-state index contributed by atoms with van der Waals surface area (Å²) in [5, 5.41) is 2.89. The van der Waals surface area contributed by atoms with Crippen molar-refractivity contribution in [1.29, 1.82) is 0 Å². The smallest absolute Gasteiger partial charge is 0.235 e. The average Bonchev–Trinajstić information content (AvgIpc) is 2.54. The van der Waals surface area contributed by atoms with Crippen molar-refractivity contribution >= 4 is 11.7 Å². The van der Waals surface area contributed by atoms with Gasteiger partial charge in [-0.3, -0.25) is 9.59 Å². The zero-order chi connectivity index (χ0) is 14.2. The number of nitrogens with one attached hydrogen (secondary N) is 1. The zero-order valence-corrected chi connectivity index (χ0v) is 12.0. The first-order chi connectivity index (χ1) is 8.89. The molecule has 0 aliphatic carbocycles. The third-order valence-corrected chi connectivity index (χ3v) is 3.96. The predicted molar refractivity (Wildman–Crippen MR) is 75.1 cm³/mol. The molecule has 0 radical (unpaired) electrons. The molecule has 1 aromatic carbocycles. The van der Waals surface area contributed by atoms with Crippen molar-refractivity contribution < 1.29 is 9.59 Å². The fourth-order valence-electron chi connectivity index (χ4n) is 2.88. The Hall–Kier alpha value is -1.64. The van der Waals surface area contributed by atoms with E-state index in [-0.39, 0.29) is 11.7 Å². The van der Waals surface area contributed by atoms with E-state index < -0.39 is 11.5 Å². The molecule has 0 aromatic heterocycles. The molecule has 0 bridgehead atoms. The Morgan fingerprint density at radius 3 is 2.58 bits per heavy atom. The maximum Gasteiger partial charge on any atom is 0.235 e. The van der Waals surface area contributed by atoms with Gasteiger partial charge in [-0.15, -0.1) is 0 Å². The van der Waals surface area contributed by atoms with Crippen molar-refractivity contribution in [2.45, 2.75) is 52.0 Å². The third-order valence-electron chi connectivity index (χ3n) is 3.96. The predicted octanol–water partition coefficient (Wildman–Crippen LogP) is 2.64. The highest BCUT2D eigenvalue weighted by molar-refractivity contribution is 6.17. The highest BCUT2D eigenvalue weighted by atomic mass is 16.2. The Balaban J connectivity index is 2.43. The minimum absolute atomic E-state index is 0.00745. The molecule has 0 saturated carbocycles. The van der Waals surface area contributed by atoms with Gasteiger partial charge in [-0.2, -0.15) is 0 Å². The fraction of sp³-hybridized carbons (Fsp3) is 0.500. The van der Waals surface area contributed by atoms with Gasteiger partial charge in [-0.05, 0) is 38.3 Å². The Morgan fingerprint density at radius 2 is 1.95 bits per heavy atom. The second-order valence-electron chi connectivity index (χ2n) is 5.73. The molecule has 0 spiro atoms. The van der Waals surface area contributed by atoms with E-state index in [2.05, 4.69) is 5.32 Å². The van der Waals surface area contributed by atoms with Crippen LogP contribution in [0.5, 0.6) is 0 Å². The van der Waals surface area contributed by atoms with Gasteiger partial charge in [0.05, 0.1) is 5.54 Å². The number of benzene rings is 1. The van der Waals surface area contributed by atoms with Crippen LogP contribution in [0, 0.1) is 13.8 Å². The van der Waals surface area contributed by atoms with Crippen LogP contribution < -0.4 is 5.32 Å². The summed E-state index contributed by atoms with van der Waals surface area (Å²) in [4.78, 5) is 24.8. The second-order valence-corrected chi connectivity index (χ2v) is 5.73. The SMILES string of the molecule is CCCC1(C)NC(=O)C(c2cc(C)ccc2C)C1=O. The molecule has 3 nitrogen and oxygen atoms in total. The van der Waals surface area contributed by atoms with Gasteiger partial charge in [0.15, 0.2) is 5.78 Å². The van der Waals surface area contributed by atoms with Crippen molar-refractivity contribution in [1.82, 2.24) is 5.32 Å². The lowest BCUT2D eigenvalue weighted by Gasteiger charge is -2.21. The van der Waals surface area contributed by atoms with Crippen LogP contribution in [-0.4, -0.2) is 17.2 Å². The average molecular weight is 259 g/mol. The number of Topliss-reactive ketones (excluding diaryl/α,β-unsaturated/α-hetero) is 1. The molecule has 1 fully saturated rings. The lowest BCUT2D eigenvalue weighted by Crippen LogP contribution is -2.43. The van der Waals surface area contributed by atoms with Crippen LogP contribution >= 0.6 is 0 Å². The summed E-state index contributed by atoms with van der Waals surface area (Å²) in [5.74, 6) is -0.792. The molecule has 1 amide bonds. The van der Waals surface area contributed by atoms with Gasteiger partial charge in [0, 0.05) is 0 Å². The molecule has 2 rings (SSSR count). The number of amides is 1. The van der Waals surface area contributed by atoms with Crippen LogP contribution in [0.2, 0.25) is 0 Å². The first kappa shape index (κ1) is 13.8. The molecule has 102 valence electrons. The molecule has 2 atom stereocenters. The van der Waals surface area contributed by atoms with Gasteiger partial charge < -0.3 is 5.32 Å². The largest absolute Gasteiger partial charge is 0.343 e. The summed E-state index contributed by atoms with van der Waals surface area (Å²) >= 11 is 0. The van der Waals surface area contributed by atoms with Crippen molar-refractivity contribution in [3.05, 3.63) is 34.9 Å². The van der Waals surface area contributed by atoms with E-state index in [1.54, 1.807) is 0 Å². The van der Waals surface area contributed by atoms with Gasteiger partial charge in [-0.1, -0.05) is 37.1 Å². The Morgan fingerprint density at radius 1 is 1.26 bits per heavy atom. The van der Waals surface area contributed by atoms with E-state index in [9.17, 15) is 9.59 Å². The quantitative estimate of drug-likeness (QED) is 0.848. The number of hydrogen-bond acceptors (Lipinski definition) is 2. The highest BCUT2D eigenvalue weighted by Gasteiger charge is 2.49. The molecule has 1 saturated heterocycles. The Bertz CT molecular complexity index is 536. The van der Waals surface area contributed by atoms with Crippen LogP contribution in [-0.2, 0) is 9.59 Å². The summed E-state index contributed by atoms with van der Waals surface area (Å²) in [7, 11) is 0. The van der Waals surface area contributed by atoms with Crippen LogP contribution in [0.15, 0.2) is 18.2 Å². The fourth-order valence-corrected chi connectivity index (χ4v) is 2.88. The molecule has 3 heteroatoms. The first-order valence-corrected chi connectivity index (χ1v) is 6.82. The third kappa shape index (κ3) is 2.29. The van der Waals surface area contributed by atoms with Crippen LogP contribution in [0.1, 0.15) is 49.3 Å². The molecular formula is C16H21NO2. The topological polar surface area (TPSA) is 46.2 Å². The van der Waals surface area contributed by atoms with E-state index >= 15 is 0 Å². The molecule has 1 aromatic rings. The monoisotopic (exact) mass is 259 g/mol. The molecule has 19 heavy (non-hydrogen) atoms. The number of carbonyl (C=O) groups is 2. The lowest BCUT2D eigenvalue weighted by molar-refractivity contribution is -0.125. The van der Waals surface area contributed by atoms with Gasteiger partial charge in [-0.25, -0.2) is 0 Å². The van der Waals surface area contributed by atoms with Crippen LogP contribution in [0.25, 0.3) is 0 Å². The van der Waals surface area contributed by atoms with Crippen molar-refractivity contribution in [2.24, 2.45) is 0 Å². The first-order valence-electron chi connectivity index (χ1n) is 6.82. The van der Waals surface area contributed by atoms with Crippen molar-refractivity contribution in [3.63, 3.8) is 0 Å². The molecule has 1 heterocycles. The number of carbonyl (C=O) groups excluding carboxylic acids is 2. The summed E-state index contributed by atoms with van der Waals surface area (Å²) in [6, 6.07) is 5.93. The van der Waals surface area contributed by atoms with E-state index in [1.165, 1.54) is 0 Å². The highest BCUT2D eigenvalue weighted by Crippen LogP contribution is 2.34. The Labute approximate surface area is 114 Å². The standard InChI is InChI=1S/C16H21NO2/c1-5-8-16(4)14(18)13(15(19)17-16)12-9-10(2)6-7-11(12)3/h6-7,9,13H,5,8H2,1-4H3,(H,17,19). The van der Waals surface area contributed by atoms with E-state index in [4.69, 9.17) is 0 Å². The number of rotatable bonds is 3. The van der Waals surface area contributed by atoms with Gasteiger partial charge in [0.1, 0.15) is 5.92 Å². The van der Waals surface area contributed by atoms with E-state index in [0.29, 0.717) is 6.42 Å². The lowest BCUT2D eigenvalue weighted by atomic mass is 9.84. The van der Waals surface area contributed by atoms with E-state index in [1.807, 2.05) is 45.9 Å². The molecule has 1 N–H and O–H groups in total. The molecule has 1 aliphatic heterocycles. The number of ketones is 1. The number of aryl methyl sites for hydroxylation is 2. The summed E-state index contributed by atoms with van der Waals surface area (Å²) < 4.78 is 0. The van der Waals surface area contributed by atoms with Crippen LogP contribution in [0.3, 0.4) is 0 Å². The van der Waals surface area contributed by atoms with Crippen molar-refractivity contribution in [2.75, 3.05) is 0 Å². The minimum Gasteiger partial charge on any atom is -0.343 e. The van der Waals surface area contributed by atoms with Gasteiger partial charge in [0.2, 0.25) is 5.91 Å². The second kappa shape index (κ2) is 4.80. The van der Waals surface area contributed by atoms with Gasteiger partial charge in [0.25, 0.3) is 0 Å². The van der Waals surface area contributed by atoms with Crippen molar-refractivity contribution in [3.8, 4) is 0 Å². The summed E-state index contributed by atoms with van der Waals surface area (Å²) in [6.45, 7) is 7.79. The molecule has 2 unspecified atom stereocenters. The maximum atomic E-state index is 12.6. The molecule has 1 aliphatic rings. The maximum absolute atomic E-state index is 12.6. The minimum atomic E-state index is -0.702. The Kier molecular flexibility index (Phi) is 3.48. The zero-order valence-electron chi connectivity index (χ0n) is 12.0. The number of hydrogen-bond donors (Lipinski definition) is 1.